The molecule has 7 heteroatoms. The maximum Gasteiger partial charge on any atom is 0.308 e. The van der Waals surface area contributed by atoms with Crippen LogP contribution in [0.2, 0.25) is 0 Å². The molecular weight excluding hydrogens is 326 g/mol. The second-order valence-electron chi connectivity index (χ2n) is 6.37. The summed E-state index contributed by atoms with van der Waals surface area (Å²) in [5.74, 6) is 0.696. The van der Waals surface area contributed by atoms with Crippen molar-refractivity contribution in [3.63, 3.8) is 0 Å². The van der Waals surface area contributed by atoms with Gasteiger partial charge in [0.2, 0.25) is 0 Å². The van der Waals surface area contributed by atoms with E-state index in [1.807, 2.05) is 0 Å². The number of hydrogen-bond donors (Lipinski definition) is 2. The van der Waals surface area contributed by atoms with Crippen LogP contribution in [0, 0.1) is 0 Å². The van der Waals surface area contributed by atoms with Crippen molar-refractivity contribution >= 4 is 5.97 Å². The standard InChI is InChI=1S/C18H19NO6/c1-10(20)23-11-4-5-14-13(8-11)16(17(22)18(2,3)25-14)24-12-6-7-19-15(21)9-12/h4-9,16-17,22H,1-3H3,(H,19,21). The van der Waals surface area contributed by atoms with Gasteiger partial charge in [-0.1, -0.05) is 0 Å². The van der Waals surface area contributed by atoms with Crippen LogP contribution in [0.25, 0.3) is 0 Å². The SMILES string of the molecule is CC(=O)Oc1ccc2c(c1)C(Oc1cc[nH]c(=O)c1)C(O)C(C)(C)O2. The molecule has 3 rings (SSSR count). The molecule has 2 atom stereocenters. The van der Waals surface area contributed by atoms with Gasteiger partial charge in [-0.2, -0.15) is 0 Å². The average Bonchev–Trinajstić information content (AvgIpc) is 2.52. The number of pyridine rings is 1. The minimum absolute atomic E-state index is 0.313. The van der Waals surface area contributed by atoms with Crippen molar-refractivity contribution in [2.24, 2.45) is 0 Å². The van der Waals surface area contributed by atoms with Gasteiger partial charge in [0.15, 0.2) is 6.10 Å². The highest BCUT2D eigenvalue weighted by molar-refractivity contribution is 5.69. The van der Waals surface area contributed by atoms with Crippen molar-refractivity contribution in [2.45, 2.75) is 38.6 Å². The molecule has 0 fully saturated rings. The van der Waals surface area contributed by atoms with Gasteiger partial charge >= 0.3 is 5.97 Å². The van der Waals surface area contributed by atoms with Crippen molar-refractivity contribution in [2.75, 3.05) is 0 Å². The number of rotatable bonds is 3. The van der Waals surface area contributed by atoms with Crippen molar-refractivity contribution < 1.29 is 24.1 Å². The van der Waals surface area contributed by atoms with Crippen LogP contribution in [-0.2, 0) is 4.79 Å². The van der Waals surface area contributed by atoms with Gasteiger partial charge < -0.3 is 24.3 Å². The fraction of sp³-hybridized carbons (Fsp3) is 0.333. The first-order chi connectivity index (χ1) is 11.8. The topological polar surface area (TPSA) is 97.9 Å². The summed E-state index contributed by atoms with van der Waals surface area (Å²) >= 11 is 0. The van der Waals surface area contributed by atoms with Crippen LogP contribution in [-0.4, -0.2) is 27.8 Å². The van der Waals surface area contributed by atoms with Gasteiger partial charge in [-0.15, -0.1) is 0 Å². The van der Waals surface area contributed by atoms with Crippen LogP contribution < -0.4 is 19.8 Å². The molecule has 0 amide bonds. The van der Waals surface area contributed by atoms with Crippen molar-refractivity contribution in [1.29, 1.82) is 0 Å². The third kappa shape index (κ3) is 3.51. The molecule has 1 aromatic carbocycles. The van der Waals surface area contributed by atoms with Gasteiger partial charge in [0.05, 0.1) is 0 Å². The van der Waals surface area contributed by atoms with Crippen LogP contribution in [0.1, 0.15) is 32.4 Å². The first-order valence-electron chi connectivity index (χ1n) is 7.81. The van der Waals surface area contributed by atoms with Crippen LogP contribution in [0.4, 0.5) is 0 Å². The minimum Gasteiger partial charge on any atom is -0.485 e. The molecule has 0 aliphatic carbocycles. The molecule has 25 heavy (non-hydrogen) atoms. The lowest BCUT2D eigenvalue weighted by Crippen LogP contribution is -2.50. The lowest BCUT2D eigenvalue weighted by Gasteiger charge is -2.41. The van der Waals surface area contributed by atoms with E-state index in [0.29, 0.717) is 22.8 Å². The zero-order valence-corrected chi connectivity index (χ0v) is 14.1. The number of benzene rings is 1. The van der Waals surface area contributed by atoms with Gasteiger partial charge in [0, 0.05) is 24.8 Å². The van der Waals surface area contributed by atoms with E-state index in [0.717, 1.165) is 0 Å². The van der Waals surface area contributed by atoms with E-state index in [4.69, 9.17) is 14.2 Å². The number of aliphatic hydroxyl groups excluding tert-OH is 1. The van der Waals surface area contributed by atoms with Crippen LogP contribution in [0.5, 0.6) is 17.2 Å². The Hall–Kier alpha value is -2.80. The van der Waals surface area contributed by atoms with Crippen LogP contribution in [0.3, 0.4) is 0 Å². The van der Waals surface area contributed by atoms with Gasteiger partial charge in [-0.3, -0.25) is 9.59 Å². The van der Waals surface area contributed by atoms with E-state index in [1.54, 1.807) is 38.1 Å². The predicted octanol–water partition coefficient (Wildman–Crippen LogP) is 1.95. The first-order valence-corrected chi connectivity index (χ1v) is 7.81. The molecular formula is C18H19NO6. The summed E-state index contributed by atoms with van der Waals surface area (Å²) in [6.45, 7) is 4.79. The molecule has 0 bridgehead atoms. The number of aromatic amines is 1. The predicted molar refractivity (Wildman–Crippen MR) is 88.9 cm³/mol. The molecule has 2 unspecified atom stereocenters. The number of aliphatic hydroxyl groups is 1. The Morgan fingerprint density at radius 2 is 2.00 bits per heavy atom. The normalized spacial score (nSPS) is 21.0. The Labute approximate surface area is 144 Å². The van der Waals surface area contributed by atoms with Crippen molar-refractivity contribution in [3.8, 4) is 17.2 Å². The largest absolute Gasteiger partial charge is 0.485 e. The number of aromatic nitrogens is 1. The maximum atomic E-state index is 11.5. The summed E-state index contributed by atoms with van der Waals surface area (Å²) < 4.78 is 16.8. The summed E-state index contributed by atoms with van der Waals surface area (Å²) in [5, 5.41) is 10.7. The van der Waals surface area contributed by atoms with Gasteiger partial charge in [0.25, 0.3) is 5.56 Å². The monoisotopic (exact) mass is 345 g/mol. The molecule has 2 N–H and O–H groups in total. The number of H-pyrrole nitrogens is 1. The van der Waals surface area contributed by atoms with Crippen LogP contribution >= 0.6 is 0 Å². The Balaban J connectivity index is 2.03. The Morgan fingerprint density at radius 3 is 2.68 bits per heavy atom. The fourth-order valence-electron chi connectivity index (χ4n) is 2.72. The Morgan fingerprint density at radius 1 is 1.24 bits per heavy atom. The molecule has 1 aliphatic rings. The van der Waals surface area contributed by atoms with Crippen LogP contribution in [0.15, 0.2) is 41.3 Å². The summed E-state index contributed by atoms with van der Waals surface area (Å²) in [7, 11) is 0. The highest BCUT2D eigenvalue weighted by atomic mass is 16.5. The second-order valence-corrected chi connectivity index (χ2v) is 6.37. The number of carbonyl (C=O) groups is 1. The number of hydrogen-bond acceptors (Lipinski definition) is 6. The number of esters is 1. The van der Waals surface area contributed by atoms with E-state index in [-0.39, 0.29) is 5.56 Å². The molecule has 0 saturated heterocycles. The third-order valence-electron chi connectivity index (χ3n) is 3.93. The number of carbonyl (C=O) groups excluding carboxylic acids is 1. The molecule has 7 nitrogen and oxygen atoms in total. The minimum atomic E-state index is -1.01. The zero-order chi connectivity index (χ0) is 18.2. The molecule has 2 heterocycles. The number of fused-ring (bicyclic) bond motifs is 1. The average molecular weight is 345 g/mol. The van der Waals surface area contributed by atoms with E-state index >= 15 is 0 Å². The van der Waals surface area contributed by atoms with Gasteiger partial charge in [-0.25, -0.2) is 0 Å². The van der Waals surface area contributed by atoms with E-state index in [2.05, 4.69) is 4.98 Å². The van der Waals surface area contributed by atoms with Gasteiger partial charge in [0.1, 0.15) is 29.0 Å². The lowest BCUT2D eigenvalue weighted by atomic mass is 9.88. The second kappa shape index (κ2) is 6.25. The summed E-state index contributed by atoms with van der Waals surface area (Å²) in [4.78, 5) is 25.2. The summed E-state index contributed by atoms with van der Waals surface area (Å²) in [6, 6.07) is 7.75. The summed E-state index contributed by atoms with van der Waals surface area (Å²) in [6.07, 6.45) is -0.340. The molecule has 0 saturated carbocycles. The van der Waals surface area contributed by atoms with E-state index in [1.165, 1.54) is 19.2 Å². The lowest BCUT2D eigenvalue weighted by molar-refractivity contribution is -0.132. The fourth-order valence-corrected chi connectivity index (χ4v) is 2.72. The van der Waals surface area contributed by atoms with Crippen molar-refractivity contribution in [1.82, 2.24) is 4.98 Å². The number of nitrogens with one attached hydrogen (secondary N) is 1. The molecule has 132 valence electrons. The Bertz CT molecular complexity index is 857. The first kappa shape index (κ1) is 17.0. The smallest absolute Gasteiger partial charge is 0.308 e. The number of ether oxygens (including phenoxy) is 3. The molecule has 2 aromatic rings. The highest BCUT2D eigenvalue weighted by Crippen LogP contribution is 2.43. The summed E-state index contributed by atoms with van der Waals surface area (Å²) in [5.41, 5.74) is -0.681. The van der Waals surface area contributed by atoms with E-state index in [9.17, 15) is 14.7 Å². The van der Waals surface area contributed by atoms with Gasteiger partial charge in [-0.05, 0) is 38.1 Å². The quantitative estimate of drug-likeness (QED) is 0.652. The zero-order valence-electron chi connectivity index (χ0n) is 14.1. The van der Waals surface area contributed by atoms with E-state index < -0.39 is 23.8 Å². The molecule has 0 radical (unpaired) electrons. The molecule has 1 aromatic heterocycles. The molecule has 1 aliphatic heterocycles. The third-order valence-corrected chi connectivity index (χ3v) is 3.93. The maximum absolute atomic E-state index is 11.5. The molecule has 0 spiro atoms. The van der Waals surface area contributed by atoms with Crippen molar-refractivity contribution in [3.05, 3.63) is 52.4 Å². The Kier molecular flexibility index (Phi) is 4.26. The highest BCUT2D eigenvalue weighted by Gasteiger charge is 2.44.